The summed E-state index contributed by atoms with van der Waals surface area (Å²) in [4.78, 5) is 15.4. The van der Waals surface area contributed by atoms with Crippen LogP contribution in [0.1, 0.15) is 49.9 Å². The predicted octanol–water partition coefficient (Wildman–Crippen LogP) is 3.87. The molecule has 0 saturated heterocycles. The summed E-state index contributed by atoms with van der Waals surface area (Å²) in [6, 6.07) is 7.95. The molecule has 1 aromatic heterocycles. The Kier molecular flexibility index (Phi) is 4.61. The molecular weight excluding hydrogens is 236 g/mol. The highest BCUT2D eigenvalue weighted by Gasteiger charge is 2.12. The Hall–Kier alpha value is -1.77. The number of carbonyl (C=O) groups excluding carboxylic acids is 1. The molecule has 1 amide bonds. The van der Waals surface area contributed by atoms with Crippen molar-refractivity contribution in [3.63, 3.8) is 0 Å². The smallest absolute Gasteiger partial charge is 0.252 e. The number of carbonyl (C=O) groups is 1. The molecule has 1 aromatic carbocycles. The van der Waals surface area contributed by atoms with Gasteiger partial charge in [0.1, 0.15) is 0 Å². The van der Waals surface area contributed by atoms with Crippen molar-refractivity contribution in [1.29, 1.82) is 0 Å². The Balaban J connectivity index is 2.01. The molecular formula is C16H22N2O. The van der Waals surface area contributed by atoms with Gasteiger partial charge in [-0.2, -0.15) is 0 Å². The number of H-pyrrole nitrogens is 1. The van der Waals surface area contributed by atoms with E-state index in [0.717, 1.165) is 22.9 Å². The maximum Gasteiger partial charge on any atom is 0.252 e. The van der Waals surface area contributed by atoms with E-state index in [-0.39, 0.29) is 11.9 Å². The fourth-order valence-electron chi connectivity index (χ4n) is 2.36. The zero-order valence-electron chi connectivity index (χ0n) is 11.7. The molecule has 0 aliphatic carbocycles. The van der Waals surface area contributed by atoms with E-state index in [0.29, 0.717) is 0 Å². The number of benzene rings is 1. The number of hydrogen-bond donors (Lipinski definition) is 2. The van der Waals surface area contributed by atoms with Crippen LogP contribution in [0.15, 0.2) is 30.5 Å². The van der Waals surface area contributed by atoms with Crippen molar-refractivity contribution >= 4 is 16.8 Å². The van der Waals surface area contributed by atoms with Crippen molar-refractivity contribution in [2.24, 2.45) is 0 Å². The molecule has 0 aliphatic rings. The topological polar surface area (TPSA) is 44.9 Å². The van der Waals surface area contributed by atoms with Gasteiger partial charge >= 0.3 is 0 Å². The van der Waals surface area contributed by atoms with E-state index < -0.39 is 0 Å². The molecule has 1 heterocycles. The second-order valence-corrected chi connectivity index (χ2v) is 5.11. The molecule has 1 atom stereocenters. The van der Waals surface area contributed by atoms with E-state index >= 15 is 0 Å². The third kappa shape index (κ3) is 3.37. The fraction of sp³-hybridized carbons (Fsp3) is 0.438. The van der Waals surface area contributed by atoms with Gasteiger partial charge in [-0.1, -0.05) is 32.3 Å². The monoisotopic (exact) mass is 258 g/mol. The van der Waals surface area contributed by atoms with E-state index in [1.807, 2.05) is 30.5 Å². The Bertz CT molecular complexity index is 544. The molecule has 0 bridgehead atoms. The first-order chi connectivity index (χ1) is 9.22. The van der Waals surface area contributed by atoms with Gasteiger partial charge in [0.2, 0.25) is 0 Å². The number of amides is 1. The minimum atomic E-state index is 0.0224. The van der Waals surface area contributed by atoms with Crippen LogP contribution in [0.5, 0.6) is 0 Å². The predicted molar refractivity (Wildman–Crippen MR) is 79.4 cm³/mol. The Morgan fingerprint density at radius 1 is 1.32 bits per heavy atom. The molecule has 2 N–H and O–H groups in total. The number of hydrogen-bond acceptors (Lipinski definition) is 1. The SMILES string of the molecule is CCCCCC(C)NC(=O)c1cccc2[nH]ccc12. The van der Waals surface area contributed by atoms with Gasteiger partial charge in [-0.25, -0.2) is 0 Å². The van der Waals surface area contributed by atoms with Crippen LogP contribution < -0.4 is 5.32 Å². The Labute approximate surface area is 114 Å². The number of rotatable bonds is 6. The van der Waals surface area contributed by atoms with Crippen LogP contribution >= 0.6 is 0 Å². The van der Waals surface area contributed by atoms with E-state index in [4.69, 9.17) is 0 Å². The second-order valence-electron chi connectivity index (χ2n) is 5.11. The number of fused-ring (bicyclic) bond motifs is 1. The van der Waals surface area contributed by atoms with Crippen LogP contribution in [0.25, 0.3) is 10.9 Å². The van der Waals surface area contributed by atoms with Gasteiger partial charge in [-0.05, 0) is 31.5 Å². The molecule has 0 fully saturated rings. The lowest BCUT2D eigenvalue weighted by Gasteiger charge is -2.14. The first-order valence-electron chi connectivity index (χ1n) is 7.09. The minimum absolute atomic E-state index is 0.0224. The highest BCUT2D eigenvalue weighted by atomic mass is 16.1. The van der Waals surface area contributed by atoms with E-state index in [1.54, 1.807) is 0 Å². The maximum absolute atomic E-state index is 12.3. The van der Waals surface area contributed by atoms with Crippen molar-refractivity contribution < 1.29 is 4.79 Å². The minimum Gasteiger partial charge on any atom is -0.361 e. The normalized spacial score (nSPS) is 12.5. The zero-order chi connectivity index (χ0) is 13.7. The van der Waals surface area contributed by atoms with Crippen molar-refractivity contribution in [3.05, 3.63) is 36.0 Å². The van der Waals surface area contributed by atoms with Gasteiger partial charge in [-0.3, -0.25) is 4.79 Å². The number of aromatic amines is 1. The lowest BCUT2D eigenvalue weighted by atomic mass is 10.1. The van der Waals surface area contributed by atoms with Gasteiger partial charge in [0.05, 0.1) is 0 Å². The quantitative estimate of drug-likeness (QED) is 0.759. The average molecular weight is 258 g/mol. The lowest BCUT2D eigenvalue weighted by molar-refractivity contribution is 0.0939. The Morgan fingerprint density at radius 2 is 2.16 bits per heavy atom. The summed E-state index contributed by atoms with van der Waals surface area (Å²) in [6.45, 7) is 4.26. The third-order valence-corrected chi connectivity index (χ3v) is 3.46. The number of unbranched alkanes of at least 4 members (excludes halogenated alkanes) is 2. The molecule has 0 spiro atoms. The average Bonchev–Trinajstić information content (AvgIpc) is 2.86. The van der Waals surface area contributed by atoms with Gasteiger partial charge in [0, 0.05) is 28.7 Å². The lowest BCUT2D eigenvalue weighted by Crippen LogP contribution is -2.32. The maximum atomic E-state index is 12.3. The van der Waals surface area contributed by atoms with Crippen molar-refractivity contribution in [2.45, 2.75) is 45.6 Å². The molecule has 0 radical (unpaired) electrons. The van der Waals surface area contributed by atoms with Crippen LogP contribution in [0.4, 0.5) is 0 Å². The standard InChI is InChI=1S/C16H22N2O/c1-3-4-5-7-12(2)18-16(19)14-8-6-9-15-13(14)10-11-17-15/h6,8-12,17H,3-5,7H2,1-2H3,(H,18,19). The van der Waals surface area contributed by atoms with Gasteiger partial charge in [-0.15, -0.1) is 0 Å². The number of nitrogens with one attached hydrogen (secondary N) is 2. The first-order valence-corrected chi connectivity index (χ1v) is 7.09. The summed E-state index contributed by atoms with van der Waals surface area (Å²) in [6.07, 6.45) is 6.53. The van der Waals surface area contributed by atoms with Crippen LogP contribution in [0.3, 0.4) is 0 Å². The van der Waals surface area contributed by atoms with E-state index in [1.165, 1.54) is 19.3 Å². The van der Waals surface area contributed by atoms with Crippen LogP contribution in [0.2, 0.25) is 0 Å². The van der Waals surface area contributed by atoms with Gasteiger partial charge < -0.3 is 10.3 Å². The molecule has 3 heteroatoms. The molecule has 19 heavy (non-hydrogen) atoms. The third-order valence-electron chi connectivity index (χ3n) is 3.46. The summed E-state index contributed by atoms with van der Waals surface area (Å²) in [5, 5.41) is 4.07. The summed E-state index contributed by atoms with van der Waals surface area (Å²) in [5.41, 5.74) is 1.76. The van der Waals surface area contributed by atoms with Crippen LogP contribution in [-0.4, -0.2) is 16.9 Å². The molecule has 102 valence electrons. The molecule has 3 nitrogen and oxygen atoms in total. The van der Waals surface area contributed by atoms with Crippen molar-refractivity contribution in [3.8, 4) is 0 Å². The highest BCUT2D eigenvalue weighted by Crippen LogP contribution is 2.17. The fourth-order valence-corrected chi connectivity index (χ4v) is 2.36. The van der Waals surface area contributed by atoms with E-state index in [2.05, 4.69) is 24.1 Å². The van der Waals surface area contributed by atoms with Crippen LogP contribution in [0, 0.1) is 0 Å². The summed E-state index contributed by atoms with van der Waals surface area (Å²) < 4.78 is 0. The zero-order valence-corrected chi connectivity index (χ0v) is 11.7. The number of aromatic nitrogens is 1. The van der Waals surface area contributed by atoms with E-state index in [9.17, 15) is 4.79 Å². The molecule has 0 aliphatic heterocycles. The van der Waals surface area contributed by atoms with Crippen LogP contribution in [-0.2, 0) is 0 Å². The van der Waals surface area contributed by atoms with Gasteiger partial charge in [0.15, 0.2) is 0 Å². The molecule has 1 unspecified atom stereocenters. The summed E-state index contributed by atoms with van der Waals surface area (Å²) in [5.74, 6) is 0.0224. The second kappa shape index (κ2) is 6.41. The first kappa shape index (κ1) is 13.7. The Morgan fingerprint density at radius 3 is 2.95 bits per heavy atom. The summed E-state index contributed by atoms with van der Waals surface area (Å²) in [7, 11) is 0. The molecule has 0 saturated carbocycles. The van der Waals surface area contributed by atoms with Crippen molar-refractivity contribution in [1.82, 2.24) is 10.3 Å². The molecule has 2 aromatic rings. The summed E-state index contributed by atoms with van der Waals surface area (Å²) >= 11 is 0. The highest BCUT2D eigenvalue weighted by molar-refractivity contribution is 6.06. The van der Waals surface area contributed by atoms with Crippen molar-refractivity contribution in [2.75, 3.05) is 0 Å². The molecule has 2 rings (SSSR count). The largest absolute Gasteiger partial charge is 0.361 e. The van der Waals surface area contributed by atoms with Gasteiger partial charge in [0.25, 0.3) is 5.91 Å².